The predicted molar refractivity (Wildman–Crippen MR) is 131 cm³/mol. The third-order valence-corrected chi connectivity index (χ3v) is 6.46. The van der Waals surface area contributed by atoms with Gasteiger partial charge >= 0.3 is 5.97 Å². The van der Waals surface area contributed by atoms with Crippen LogP contribution in [-0.2, 0) is 28.9 Å². The number of unbranched alkanes of at least 4 members (excludes halogenated alkanes) is 1. The number of rotatable bonds is 8. The van der Waals surface area contributed by atoms with Crippen molar-refractivity contribution in [2.45, 2.75) is 45.2 Å². The Morgan fingerprint density at radius 1 is 1.14 bits per heavy atom. The molecule has 0 amide bonds. The van der Waals surface area contributed by atoms with E-state index in [2.05, 4.69) is 67.8 Å². The summed E-state index contributed by atoms with van der Waals surface area (Å²) >= 11 is 0. The van der Waals surface area contributed by atoms with E-state index in [4.69, 9.17) is 9.72 Å². The van der Waals surface area contributed by atoms with Crippen LogP contribution in [0.2, 0.25) is 0 Å². The van der Waals surface area contributed by atoms with Crippen LogP contribution in [-0.4, -0.2) is 49.8 Å². The maximum Gasteiger partial charge on any atom is 0.329 e. The molecule has 9 heteroatoms. The Balaban J connectivity index is 1.48. The zero-order valence-electron chi connectivity index (χ0n) is 20.0. The van der Waals surface area contributed by atoms with Crippen molar-refractivity contribution in [1.29, 1.82) is 0 Å². The van der Waals surface area contributed by atoms with Crippen LogP contribution in [0.25, 0.3) is 22.5 Å². The minimum absolute atomic E-state index is 0.275. The van der Waals surface area contributed by atoms with E-state index in [1.807, 2.05) is 18.2 Å². The molecule has 0 bridgehead atoms. The molecule has 1 aliphatic heterocycles. The van der Waals surface area contributed by atoms with Crippen LogP contribution in [0, 0.1) is 0 Å². The number of aromatic amines is 1. The zero-order chi connectivity index (χ0) is 24.2. The van der Waals surface area contributed by atoms with Crippen molar-refractivity contribution >= 4 is 5.97 Å². The van der Waals surface area contributed by atoms with Gasteiger partial charge < -0.3 is 9.30 Å². The molecule has 0 radical (unpaired) electrons. The molecule has 2 aromatic heterocycles. The third kappa shape index (κ3) is 4.59. The number of nitrogens with one attached hydrogen (secondary N) is 2. The Kier molecular flexibility index (Phi) is 6.67. The molecule has 4 aromatic rings. The minimum Gasteiger partial charge on any atom is -0.468 e. The molecule has 3 heterocycles. The maximum atomic E-state index is 12.5. The molecule has 5 rings (SSSR count). The number of ether oxygens (including phenoxy) is 1. The number of fused-ring (bicyclic) bond motifs is 1. The van der Waals surface area contributed by atoms with Crippen LogP contribution in [0.1, 0.15) is 48.6 Å². The van der Waals surface area contributed by atoms with Gasteiger partial charge in [-0.1, -0.05) is 61.9 Å². The number of nitrogens with zero attached hydrogens (tertiary/aromatic N) is 5. The number of hydrogen-bond acceptors (Lipinski definition) is 7. The van der Waals surface area contributed by atoms with E-state index in [9.17, 15) is 4.79 Å². The van der Waals surface area contributed by atoms with Crippen molar-refractivity contribution < 1.29 is 9.53 Å². The highest BCUT2D eigenvalue weighted by atomic mass is 16.5. The molecule has 9 nitrogen and oxygen atoms in total. The molecule has 1 aliphatic rings. The van der Waals surface area contributed by atoms with E-state index in [1.54, 1.807) is 0 Å². The van der Waals surface area contributed by atoms with Gasteiger partial charge in [0.05, 0.1) is 18.5 Å². The highest BCUT2D eigenvalue weighted by molar-refractivity contribution is 5.80. The number of benzene rings is 2. The van der Waals surface area contributed by atoms with Crippen molar-refractivity contribution in [3.05, 3.63) is 71.3 Å². The summed E-state index contributed by atoms with van der Waals surface area (Å²) in [7, 11) is 1.43. The summed E-state index contributed by atoms with van der Waals surface area (Å²) in [5, 5.41) is 17.8. The number of hydrogen-bond donors (Lipinski definition) is 2. The van der Waals surface area contributed by atoms with Crippen LogP contribution in [0.3, 0.4) is 0 Å². The standard InChI is InChI=1S/C26H29N7O2/c1-3-4-9-22-28-21-14-15-27-23(26(34)35-2)24(21)33(22)16-17-10-12-18(13-11-17)19-7-5-6-8-20(19)25-29-31-32-30-25/h5-8,10-13,23,27H,3-4,9,14-16H2,1-2H3,(H,29,30,31,32). The van der Waals surface area contributed by atoms with Gasteiger partial charge in [-0.05, 0) is 28.3 Å². The predicted octanol–water partition coefficient (Wildman–Crippen LogP) is 3.48. The second-order valence-electron chi connectivity index (χ2n) is 8.69. The lowest BCUT2D eigenvalue weighted by Crippen LogP contribution is -2.37. The first kappa shape index (κ1) is 22.9. The third-order valence-electron chi connectivity index (χ3n) is 6.46. The van der Waals surface area contributed by atoms with E-state index in [1.165, 1.54) is 7.11 Å². The van der Waals surface area contributed by atoms with Crippen LogP contribution in [0.5, 0.6) is 0 Å². The molecule has 0 saturated heterocycles. The lowest BCUT2D eigenvalue weighted by atomic mass is 9.98. The molecule has 2 aromatic carbocycles. The Morgan fingerprint density at radius 2 is 1.94 bits per heavy atom. The average molecular weight is 472 g/mol. The quantitative estimate of drug-likeness (QED) is 0.379. The van der Waals surface area contributed by atoms with Gasteiger partial charge in [0, 0.05) is 31.5 Å². The van der Waals surface area contributed by atoms with Gasteiger partial charge in [0.1, 0.15) is 11.9 Å². The van der Waals surface area contributed by atoms with Gasteiger partial charge in [-0.2, -0.15) is 5.21 Å². The molecule has 0 spiro atoms. The summed E-state index contributed by atoms with van der Waals surface area (Å²) < 4.78 is 7.30. The Hall–Kier alpha value is -3.85. The summed E-state index contributed by atoms with van der Waals surface area (Å²) in [5.74, 6) is 1.32. The number of carbonyl (C=O) groups excluding carboxylic acids is 1. The lowest BCUT2D eigenvalue weighted by molar-refractivity contribution is -0.143. The Bertz CT molecular complexity index is 1300. The number of H-pyrrole nitrogens is 1. The van der Waals surface area contributed by atoms with E-state index in [0.717, 1.165) is 65.1 Å². The number of carbonyl (C=O) groups is 1. The molecule has 1 unspecified atom stereocenters. The van der Waals surface area contributed by atoms with Crippen LogP contribution >= 0.6 is 0 Å². The first-order valence-corrected chi connectivity index (χ1v) is 12.0. The van der Waals surface area contributed by atoms with Crippen molar-refractivity contribution in [2.75, 3.05) is 13.7 Å². The van der Waals surface area contributed by atoms with E-state index < -0.39 is 6.04 Å². The fourth-order valence-electron chi connectivity index (χ4n) is 4.70. The maximum absolute atomic E-state index is 12.5. The minimum atomic E-state index is -0.493. The smallest absolute Gasteiger partial charge is 0.329 e. The fourth-order valence-corrected chi connectivity index (χ4v) is 4.70. The van der Waals surface area contributed by atoms with Crippen molar-refractivity contribution in [2.24, 2.45) is 0 Å². The second kappa shape index (κ2) is 10.2. The molecule has 35 heavy (non-hydrogen) atoms. The molecule has 180 valence electrons. The van der Waals surface area contributed by atoms with Gasteiger partial charge in [0.15, 0.2) is 0 Å². The Labute approximate surface area is 203 Å². The number of tetrazole rings is 1. The lowest BCUT2D eigenvalue weighted by Gasteiger charge is -2.24. The molecule has 0 saturated carbocycles. The fraction of sp³-hybridized carbons (Fsp3) is 0.346. The van der Waals surface area contributed by atoms with Crippen molar-refractivity contribution in [3.8, 4) is 22.5 Å². The molecular weight excluding hydrogens is 442 g/mol. The highest BCUT2D eigenvalue weighted by Gasteiger charge is 2.33. The number of methoxy groups -OCH3 is 1. The van der Waals surface area contributed by atoms with Crippen LogP contribution in [0.15, 0.2) is 48.5 Å². The van der Waals surface area contributed by atoms with Crippen molar-refractivity contribution in [3.63, 3.8) is 0 Å². The largest absolute Gasteiger partial charge is 0.468 e. The molecule has 0 fully saturated rings. The van der Waals surface area contributed by atoms with E-state index in [0.29, 0.717) is 18.9 Å². The molecule has 2 N–H and O–H groups in total. The van der Waals surface area contributed by atoms with Gasteiger partial charge in [0.2, 0.25) is 5.82 Å². The summed E-state index contributed by atoms with van der Waals surface area (Å²) in [4.78, 5) is 17.5. The Morgan fingerprint density at radius 3 is 2.66 bits per heavy atom. The van der Waals surface area contributed by atoms with E-state index >= 15 is 0 Å². The first-order chi connectivity index (χ1) is 17.2. The normalized spacial score (nSPS) is 15.1. The number of imidazole rings is 1. The monoisotopic (exact) mass is 471 g/mol. The number of esters is 1. The van der Waals surface area contributed by atoms with Crippen LogP contribution < -0.4 is 5.32 Å². The SMILES string of the molecule is CCCCc1nc2c(n1Cc1ccc(-c3ccccc3-c3nn[nH]n3)cc1)C(C(=O)OC)NCC2. The zero-order valence-corrected chi connectivity index (χ0v) is 20.0. The van der Waals surface area contributed by atoms with Gasteiger partial charge in [0.25, 0.3) is 0 Å². The molecule has 0 aliphatic carbocycles. The average Bonchev–Trinajstić information content (AvgIpc) is 3.56. The molecular formula is C26H29N7O2. The summed E-state index contributed by atoms with van der Waals surface area (Å²) in [6.45, 7) is 3.53. The van der Waals surface area contributed by atoms with E-state index in [-0.39, 0.29) is 5.97 Å². The van der Waals surface area contributed by atoms with Gasteiger partial charge in [-0.25, -0.2) is 9.78 Å². The summed E-state index contributed by atoms with van der Waals surface area (Å²) in [6.07, 6.45) is 3.83. The summed E-state index contributed by atoms with van der Waals surface area (Å²) in [5.41, 5.74) is 6.10. The summed E-state index contributed by atoms with van der Waals surface area (Å²) in [6, 6.07) is 16.0. The first-order valence-electron chi connectivity index (χ1n) is 12.0. The second-order valence-corrected chi connectivity index (χ2v) is 8.69. The highest BCUT2D eigenvalue weighted by Crippen LogP contribution is 2.31. The number of aromatic nitrogens is 6. The molecule has 1 atom stereocenters. The van der Waals surface area contributed by atoms with Crippen LogP contribution in [0.4, 0.5) is 0 Å². The van der Waals surface area contributed by atoms with Gasteiger partial charge in [-0.15, -0.1) is 10.2 Å². The van der Waals surface area contributed by atoms with Gasteiger partial charge in [-0.3, -0.25) is 5.32 Å². The number of aryl methyl sites for hydroxylation is 1. The topological polar surface area (TPSA) is 111 Å². The van der Waals surface area contributed by atoms with Crippen molar-refractivity contribution in [1.82, 2.24) is 35.5 Å².